The molecule has 0 rings (SSSR count). The topological polar surface area (TPSA) is 48.1 Å². The fraction of sp³-hybridized carbons (Fsp3) is 0.929. The van der Waals surface area contributed by atoms with Gasteiger partial charge in [0.2, 0.25) is 0 Å². The van der Waals surface area contributed by atoms with E-state index in [-0.39, 0.29) is 33.1 Å². The summed E-state index contributed by atoms with van der Waals surface area (Å²) < 4.78 is 8.12. The molecule has 0 heterocycles. The van der Waals surface area contributed by atoms with Crippen molar-refractivity contribution in [2.24, 2.45) is 0 Å². The number of rotatable bonds is 12. The Labute approximate surface area is 148 Å². The van der Waals surface area contributed by atoms with E-state index in [0.29, 0.717) is 0 Å². The molecule has 0 spiro atoms. The van der Waals surface area contributed by atoms with Crippen LogP contribution in [0.25, 0.3) is 0 Å². The minimum absolute atomic E-state index is 0.0840. The Hall–Kier alpha value is 0.310. The summed E-state index contributed by atoms with van der Waals surface area (Å²) in [4.78, 5) is 18.3. The van der Waals surface area contributed by atoms with Gasteiger partial charge in [-0.25, -0.2) is 0 Å². The molecule has 2 atom stereocenters. The SMILES string of the molecule is CC(CN(CCCN(C)C)CCCN(C)C)OC(=O)N[I-]P. The third-order valence-corrected chi connectivity index (χ3v) is 4.60. The quantitative estimate of drug-likeness (QED) is 0.215. The van der Waals surface area contributed by atoms with E-state index in [1.807, 2.05) is 6.92 Å². The average Bonchev–Trinajstić information content (AvgIpc) is 2.37. The predicted molar refractivity (Wildman–Crippen MR) is 91.6 cm³/mol. The molecule has 0 aromatic heterocycles. The number of halogens is 1. The maximum absolute atomic E-state index is 11.5. The van der Waals surface area contributed by atoms with Crippen LogP contribution in [-0.2, 0) is 4.74 Å². The first kappa shape index (κ1) is 22.3. The molecule has 0 fully saturated rings. The Morgan fingerprint density at radius 1 is 1.09 bits per heavy atom. The standard InChI is InChI=1S/C14H33IN4O2P/c1-13(21-14(20)16-15-22)12-19(10-6-8-17(2)3)11-7-9-18(4)5/h13H,6-12,22H2,1-5H3,(H,16,20)/q-1. The summed E-state index contributed by atoms with van der Waals surface area (Å²) in [5.74, 6) is 0. The van der Waals surface area contributed by atoms with Gasteiger partial charge >= 0.3 is 148 Å². The molecule has 0 aliphatic heterocycles. The third kappa shape index (κ3) is 13.9. The second-order valence-electron chi connectivity index (χ2n) is 6.03. The van der Waals surface area contributed by atoms with Crippen molar-refractivity contribution in [3.63, 3.8) is 0 Å². The van der Waals surface area contributed by atoms with Crippen molar-refractivity contribution in [3.8, 4) is 0 Å². The van der Waals surface area contributed by atoms with Crippen molar-refractivity contribution >= 4 is 13.0 Å². The van der Waals surface area contributed by atoms with Crippen LogP contribution < -0.4 is 24.5 Å². The molecule has 2 unspecified atom stereocenters. The van der Waals surface area contributed by atoms with E-state index in [2.05, 4.69) is 53.3 Å². The van der Waals surface area contributed by atoms with E-state index >= 15 is 0 Å². The third-order valence-electron chi connectivity index (χ3n) is 3.11. The van der Waals surface area contributed by atoms with Gasteiger partial charge in [-0.05, 0) is 0 Å². The van der Waals surface area contributed by atoms with Crippen molar-refractivity contribution < 1.29 is 30.5 Å². The molecule has 0 radical (unpaired) electrons. The fourth-order valence-electron chi connectivity index (χ4n) is 2.17. The van der Waals surface area contributed by atoms with Crippen LogP contribution in [0.5, 0.6) is 0 Å². The zero-order valence-corrected chi connectivity index (χ0v) is 18.0. The molecule has 22 heavy (non-hydrogen) atoms. The molecule has 0 bridgehead atoms. The number of carbonyl (C=O) groups excluding carboxylic acids is 1. The predicted octanol–water partition coefficient (Wildman–Crippen LogP) is -1.90. The fourth-order valence-corrected chi connectivity index (χ4v) is 3.14. The summed E-state index contributed by atoms with van der Waals surface area (Å²) in [7, 11) is 8.38. The van der Waals surface area contributed by atoms with E-state index in [1.165, 1.54) is 0 Å². The van der Waals surface area contributed by atoms with Gasteiger partial charge in [0.1, 0.15) is 0 Å². The number of amides is 1. The molecule has 6 nitrogen and oxygen atoms in total. The zero-order chi connectivity index (χ0) is 17.0. The summed E-state index contributed by atoms with van der Waals surface area (Å²) in [6.07, 6.45) is 1.88. The van der Waals surface area contributed by atoms with Gasteiger partial charge in [-0.15, -0.1) is 0 Å². The zero-order valence-electron chi connectivity index (χ0n) is 14.6. The average molecular weight is 447 g/mol. The second kappa shape index (κ2) is 13.7. The minimum atomic E-state index is -0.353. The molecule has 1 N–H and O–H groups in total. The molecule has 0 saturated carbocycles. The van der Waals surface area contributed by atoms with Crippen LogP contribution in [-0.4, -0.2) is 87.8 Å². The van der Waals surface area contributed by atoms with Gasteiger partial charge in [-0.1, -0.05) is 0 Å². The van der Waals surface area contributed by atoms with Crippen molar-refractivity contribution in [2.75, 3.05) is 60.9 Å². The molecule has 134 valence electrons. The number of nitrogens with one attached hydrogen (secondary N) is 1. The number of nitrogens with zero attached hydrogens (tertiary/aromatic N) is 3. The summed E-state index contributed by atoms with van der Waals surface area (Å²) in [5.41, 5.74) is 0. The van der Waals surface area contributed by atoms with Gasteiger partial charge in [-0.3, -0.25) is 0 Å². The summed E-state index contributed by atoms with van der Waals surface area (Å²) in [6, 6.07) is 0. The molecule has 0 aromatic carbocycles. The van der Waals surface area contributed by atoms with Gasteiger partial charge in [0.05, 0.1) is 0 Å². The molecular weight excluding hydrogens is 414 g/mol. The van der Waals surface area contributed by atoms with E-state index in [0.717, 1.165) is 45.6 Å². The van der Waals surface area contributed by atoms with Crippen LogP contribution in [0.2, 0.25) is 0 Å². The van der Waals surface area contributed by atoms with E-state index < -0.39 is 0 Å². The van der Waals surface area contributed by atoms with Gasteiger partial charge in [0.15, 0.2) is 0 Å². The van der Waals surface area contributed by atoms with Crippen molar-refractivity contribution in [3.05, 3.63) is 0 Å². The van der Waals surface area contributed by atoms with Crippen LogP contribution in [0.15, 0.2) is 0 Å². The normalized spacial score (nSPS) is 13.1. The van der Waals surface area contributed by atoms with Crippen molar-refractivity contribution in [1.29, 1.82) is 0 Å². The molecular formula is C14H33IN4O2P-. The first-order valence-electron chi connectivity index (χ1n) is 7.66. The second-order valence-corrected chi connectivity index (χ2v) is 8.66. The number of carbonyl (C=O) groups is 1. The number of hydrogen-bond acceptors (Lipinski definition) is 5. The van der Waals surface area contributed by atoms with Gasteiger partial charge in [0, 0.05) is 0 Å². The van der Waals surface area contributed by atoms with Gasteiger partial charge in [0.25, 0.3) is 0 Å². The van der Waals surface area contributed by atoms with Crippen molar-refractivity contribution in [1.82, 2.24) is 18.2 Å². The molecule has 0 aliphatic carbocycles. The monoisotopic (exact) mass is 447 g/mol. The van der Waals surface area contributed by atoms with Crippen LogP contribution >= 0.6 is 6.88 Å². The molecule has 0 saturated heterocycles. The first-order chi connectivity index (χ1) is 10.3. The van der Waals surface area contributed by atoms with E-state index in [1.54, 1.807) is 0 Å². The van der Waals surface area contributed by atoms with Crippen LogP contribution in [0.1, 0.15) is 19.8 Å². The Balaban J connectivity index is 4.20. The first-order valence-corrected chi connectivity index (χ1v) is 12.9. The Bertz CT molecular complexity index is 282. The summed E-state index contributed by atoms with van der Waals surface area (Å²) in [5, 5.41) is 0. The van der Waals surface area contributed by atoms with Crippen LogP contribution in [0.3, 0.4) is 0 Å². The Kier molecular flexibility index (Phi) is 13.9. The maximum atomic E-state index is 11.5. The van der Waals surface area contributed by atoms with E-state index in [4.69, 9.17) is 4.74 Å². The molecule has 1 amide bonds. The molecule has 0 aliphatic rings. The van der Waals surface area contributed by atoms with Crippen molar-refractivity contribution in [2.45, 2.75) is 25.9 Å². The summed E-state index contributed by atoms with van der Waals surface area (Å²) >= 11 is -0.353. The summed E-state index contributed by atoms with van der Waals surface area (Å²) in [6.45, 7) is 9.56. The Morgan fingerprint density at radius 2 is 1.59 bits per heavy atom. The molecule has 0 aromatic rings. The van der Waals surface area contributed by atoms with Gasteiger partial charge in [-0.2, -0.15) is 0 Å². The number of hydrogen-bond donors (Lipinski definition) is 1. The van der Waals surface area contributed by atoms with E-state index in [9.17, 15) is 4.79 Å². The number of ether oxygens (including phenoxy) is 1. The molecule has 8 heteroatoms. The van der Waals surface area contributed by atoms with Gasteiger partial charge < -0.3 is 0 Å². The van der Waals surface area contributed by atoms with Crippen LogP contribution in [0, 0.1) is 0 Å². The Morgan fingerprint density at radius 3 is 2.00 bits per heavy atom. The van der Waals surface area contributed by atoms with Crippen LogP contribution in [0.4, 0.5) is 4.79 Å².